The van der Waals surface area contributed by atoms with E-state index in [1.807, 2.05) is 20.8 Å². The molecule has 0 saturated carbocycles. The van der Waals surface area contributed by atoms with Crippen molar-refractivity contribution in [1.82, 2.24) is 0 Å². The Morgan fingerprint density at radius 1 is 1.50 bits per heavy atom. The minimum atomic E-state index is 0.0607. The number of hydrogen-bond acceptors (Lipinski definition) is 1. The predicted octanol–water partition coefficient (Wildman–Crippen LogP) is 3.76. The van der Waals surface area contributed by atoms with Crippen LogP contribution in [0.1, 0.15) is 40.5 Å². The fourth-order valence-corrected chi connectivity index (χ4v) is 1.94. The van der Waals surface area contributed by atoms with Gasteiger partial charge in [-0.25, -0.2) is 4.39 Å². The van der Waals surface area contributed by atoms with E-state index in [4.69, 9.17) is 0 Å². The van der Waals surface area contributed by atoms with E-state index in [1.165, 1.54) is 0 Å². The summed E-state index contributed by atoms with van der Waals surface area (Å²) in [7, 11) is 0. The molecule has 1 atom stereocenters. The topological polar surface area (TPSA) is 12.4 Å². The van der Waals surface area contributed by atoms with Crippen molar-refractivity contribution in [2.75, 3.05) is 6.54 Å². The van der Waals surface area contributed by atoms with Gasteiger partial charge in [0, 0.05) is 24.3 Å². The zero-order valence-corrected chi connectivity index (χ0v) is 9.60. The maximum absolute atomic E-state index is 13.8. The van der Waals surface area contributed by atoms with Gasteiger partial charge in [-0.3, -0.25) is 4.99 Å². The lowest BCUT2D eigenvalue weighted by Crippen LogP contribution is -2.09. The van der Waals surface area contributed by atoms with E-state index >= 15 is 0 Å². The van der Waals surface area contributed by atoms with Crippen molar-refractivity contribution in [2.24, 2.45) is 16.8 Å². The van der Waals surface area contributed by atoms with Crippen LogP contribution < -0.4 is 0 Å². The highest BCUT2D eigenvalue weighted by Gasteiger charge is 2.20. The minimum absolute atomic E-state index is 0.0607. The smallest absolute Gasteiger partial charge is 0.105 e. The molecule has 0 aromatic carbocycles. The molecule has 0 aromatic rings. The van der Waals surface area contributed by atoms with Gasteiger partial charge in [0.05, 0.1) is 0 Å². The Labute approximate surface area is 86.1 Å². The van der Waals surface area contributed by atoms with E-state index in [0.717, 1.165) is 24.3 Å². The summed E-state index contributed by atoms with van der Waals surface area (Å²) in [5.74, 6) is 0.650. The Morgan fingerprint density at radius 3 is 2.64 bits per heavy atom. The third kappa shape index (κ3) is 2.43. The van der Waals surface area contributed by atoms with Crippen molar-refractivity contribution in [3.63, 3.8) is 0 Å². The summed E-state index contributed by atoms with van der Waals surface area (Å²) >= 11 is 0. The number of halogens is 1. The predicted molar refractivity (Wildman–Crippen MR) is 59.3 cm³/mol. The van der Waals surface area contributed by atoms with Crippen LogP contribution in [-0.2, 0) is 0 Å². The van der Waals surface area contributed by atoms with Gasteiger partial charge in [0.2, 0.25) is 0 Å². The summed E-state index contributed by atoms with van der Waals surface area (Å²) in [6.45, 7) is 8.95. The highest BCUT2D eigenvalue weighted by Crippen LogP contribution is 2.27. The lowest BCUT2D eigenvalue weighted by molar-refractivity contribution is 0.491. The first-order valence-electron chi connectivity index (χ1n) is 5.48. The molecule has 0 bridgehead atoms. The summed E-state index contributed by atoms with van der Waals surface area (Å²) in [5, 5.41) is 0. The first kappa shape index (κ1) is 11.4. The highest BCUT2D eigenvalue weighted by atomic mass is 19.1. The Bertz CT molecular complexity index is 261. The van der Waals surface area contributed by atoms with Crippen LogP contribution in [0, 0.1) is 11.8 Å². The third-order valence-electron chi connectivity index (χ3n) is 2.64. The van der Waals surface area contributed by atoms with Crippen molar-refractivity contribution < 1.29 is 4.39 Å². The molecule has 1 unspecified atom stereocenters. The zero-order valence-electron chi connectivity index (χ0n) is 9.60. The molecular weight excluding hydrogens is 177 g/mol. The molecule has 0 amide bonds. The molecule has 14 heavy (non-hydrogen) atoms. The molecule has 1 aliphatic rings. The van der Waals surface area contributed by atoms with Crippen molar-refractivity contribution in [3.8, 4) is 0 Å². The summed E-state index contributed by atoms with van der Waals surface area (Å²) in [5.41, 5.74) is 1.83. The standard InChI is InChI=1S/C12H20FN/c1-5-11-12(8(2)3)10(13)6-9(4)7-14-11/h8-9H,5-7H2,1-4H3. The lowest BCUT2D eigenvalue weighted by atomic mass is 9.94. The van der Waals surface area contributed by atoms with E-state index in [1.54, 1.807) is 0 Å². The van der Waals surface area contributed by atoms with Crippen LogP contribution in [0.5, 0.6) is 0 Å². The summed E-state index contributed by atoms with van der Waals surface area (Å²) < 4.78 is 13.8. The molecule has 0 spiro atoms. The Hall–Kier alpha value is -0.660. The monoisotopic (exact) mass is 197 g/mol. The maximum Gasteiger partial charge on any atom is 0.105 e. The van der Waals surface area contributed by atoms with Gasteiger partial charge < -0.3 is 0 Å². The van der Waals surface area contributed by atoms with Gasteiger partial charge in [-0.05, 0) is 18.3 Å². The highest BCUT2D eigenvalue weighted by molar-refractivity contribution is 6.00. The van der Waals surface area contributed by atoms with Crippen molar-refractivity contribution in [2.45, 2.75) is 40.5 Å². The van der Waals surface area contributed by atoms with Crippen LogP contribution in [0.15, 0.2) is 16.4 Å². The van der Waals surface area contributed by atoms with Crippen molar-refractivity contribution >= 4 is 5.71 Å². The Kier molecular flexibility index (Phi) is 3.85. The normalized spacial score (nSPS) is 23.9. The van der Waals surface area contributed by atoms with E-state index in [0.29, 0.717) is 12.3 Å². The quantitative estimate of drug-likeness (QED) is 0.639. The van der Waals surface area contributed by atoms with Crippen LogP contribution in [0.2, 0.25) is 0 Å². The Balaban J connectivity index is 3.06. The number of nitrogens with zero attached hydrogens (tertiary/aromatic N) is 1. The number of allylic oxidation sites excluding steroid dienone is 2. The summed E-state index contributed by atoms with van der Waals surface area (Å²) in [6, 6.07) is 0. The molecule has 1 rings (SSSR count). The SMILES string of the molecule is CCC1=NCC(C)CC(F)=C1C(C)C. The Morgan fingerprint density at radius 2 is 2.14 bits per heavy atom. The molecule has 0 radical (unpaired) electrons. The lowest BCUT2D eigenvalue weighted by Gasteiger charge is -2.13. The largest absolute Gasteiger partial charge is 0.289 e. The van der Waals surface area contributed by atoms with E-state index in [2.05, 4.69) is 11.9 Å². The van der Waals surface area contributed by atoms with Gasteiger partial charge in [0.25, 0.3) is 0 Å². The van der Waals surface area contributed by atoms with Gasteiger partial charge in [0.15, 0.2) is 0 Å². The second-order valence-corrected chi connectivity index (χ2v) is 4.42. The zero-order chi connectivity index (χ0) is 10.7. The minimum Gasteiger partial charge on any atom is -0.289 e. The third-order valence-corrected chi connectivity index (χ3v) is 2.64. The van der Waals surface area contributed by atoms with E-state index in [-0.39, 0.29) is 11.7 Å². The van der Waals surface area contributed by atoms with Crippen LogP contribution in [0.4, 0.5) is 4.39 Å². The second-order valence-electron chi connectivity index (χ2n) is 4.42. The van der Waals surface area contributed by atoms with Gasteiger partial charge >= 0.3 is 0 Å². The van der Waals surface area contributed by atoms with Crippen LogP contribution in [-0.4, -0.2) is 12.3 Å². The van der Waals surface area contributed by atoms with Gasteiger partial charge in [-0.15, -0.1) is 0 Å². The molecule has 0 N–H and O–H groups in total. The molecule has 0 aliphatic carbocycles. The molecule has 1 nitrogen and oxygen atoms in total. The molecule has 0 aromatic heterocycles. The molecule has 0 fully saturated rings. The van der Waals surface area contributed by atoms with Crippen LogP contribution in [0.25, 0.3) is 0 Å². The van der Waals surface area contributed by atoms with Crippen molar-refractivity contribution in [3.05, 3.63) is 11.4 Å². The summed E-state index contributed by atoms with van der Waals surface area (Å²) in [6.07, 6.45) is 1.40. The van der Waals surface area contributed by atoms with Crippen LogP contribution >= 0.6 is 0 Å². The molecular formula is C12H20FN. The van der Waals surface area contributed by atoms with E-state index in [9.17, 15) is 4.39 Å². The van der Waals surface area contributed by atoms with Gasteiger partial charge in [0.1, 0.15) is 5.83 Å². The van der Waals surface area contributed by atoms with Crippen molar-refractivity contribution in [1.29, 1.82) is 0 Å². The fourth-order valence-electron chi connectivity index (χ4n) is 1.94. The first-order chi connectivity index (χ1) is 6.56. The fraction of sp³-hybridized carbons (Fsp3) is 0.750. The molecule has 2 heteroatoms. The van der Waals surface area contributed by atoms with E-state index < -0.39 is 0 Å². The second kappa shape index (κ2) is 4.72. The van der Waals surface area contributed by atoms with Crippen LogP contribution in [0.3, 0.4) is 0 Å². The number of aliphatic imine (C=N–C) groups is 1. The van der Waals surface area contributed by atoms with Gasteiger partial charge in [-0.1, -0.05) is 27.7 Å². The van der Waals surface area contributed by atoms with Gasteiger partial charge in [-0.2, -0.15) is 0 Å². The average Bonchev–Trinajstić information content (AvgIpc) is 2.23. The molecule has 1 aliphatic heterocycles. The molecule has 0 saturated heterocycles. The first-order valence-corrected chi connectivity index (χ1v) is 5.48. The molecule has 1 heterocycles. The number of rotatable bonds is 2. The number of hydrogen-bond donors (Lipinski definition) is 0. The average molecular weight is 197 g/mol. The summed E-state index contributed by atoms with van der Waals surface area (Å²) in [4.78, 5) is 4.49. The maximum atomic E-state index is 13.8. The molecule has 80 valence electrons.